The average Bonchev–Trinajstić information content (AvgIpc) is 2.17. The van der Waals surface area contributed by atoms with E-state index in [0.717, 1.165) is 6.07 Å². The molecule has 1 aromatic rings. The maximum Gasteiger partial charge on any atom is 0.308 e. The zero-order valence-corrected chi connectivity index (χ0v) is 11.1. The summed E-state index contributed by atoms with van der Waals surface area (Å²) in [6.45, 7) is 2.42. The SMILES string of the molecule is CC(=O)Nc1cc(S(=O)(=O)Cl)ccc1OC(C)=O. The van der Waals surface area contributed by atoms with E-state index in [4.69, 9.17) is 15.4 Å². The van der Waals surface area contributed by atoms with E-state index in [-0.39, 0.29) is 16.3 Å². The number of halogens is 1. The van der Waals surface area contributed by atoms with Crippen LogP contribution in [0.5, 0.6) is 5.75 Å². The maximum absolute atomic E-state index is 11.1. The van der Waals surface area contributed by atoms with Gasteiger partial charge in [-0.1, -0.05) is 0 Å². The van der Waals surface area contributed by atoms with Crippen LogP contribution in [0.15, 0.2) is 23.1 Å². The van der Waals surface area contributed by atoms with Gasteiger partial charge in [-0.2, -0.15) is 0 Å². The van der Waals surface area contributed by atoms with Gasteiger partial charge in [0.1, 0.15) is 0 Å². The fourth-order valence-corrected chi connectivity index (χ4v) is 1.97. The Morgan fingerprint density at radius 1 is 1.28 bits per heavy atom. The second-order valence-corrected chi connectivity index (χ2v) is 5.94. The normalized spacial score (nSPS) is 10.8. The largest absolute Gasteiger partial charge is 0.424 e. The van der Waals surface area contributed by atoms with Crippen molar-refractivity contribution in [3.8, 4) is 5.75 Å². The van der Waals surface area contributed by atoms with E-state index in [1.54, 1.807) is 0 Å². The van der Waals surface area contributed by atoms with Crippen LogP contribution in [0.1, 0.15) is 13.8 Å². The molecule has 0 fully saturated rings. The van der Waals surface area contributed by atoms with Gasteiger partial charge in [-0.25, -0.2) is 8.42 Å². The zero-order chi connectivity index (χ0) is 13.9. The van der Waals surface area contributed by atoms with E-state index >= 15 is 0 Å². The smallest absolute Gasteiger partial charge is 0.308 e. The first-order valence-corrected chi connectivity index (χ1v) is 7.06. The molecule has 0 unspecified atom stereocenters. The van der Waals surface area contributed by atoms with Crippen LogP contribution in [0.25, 0.3) is 0 Å². The molecule has 0 radical (unpaired) electrons. The van der Waals surface area contributed by atoms with Crippen molar-refractivity contribution in [3.63, 3.8) is 0 Å². The van der Waals surface area contributed by atoms with E-state index in [2.05, 4.69) is 5.32 Å². The summed E-state index contributed by atoms with van der Waals surface area (Å²) in [5.41, 5.74) is 0.0550. The molecule has 8 heteroatoms. The van der Waals surface area contributed by atoms with Crippen molar-refractivity contribution in [2.24, 2.45) is 0 Å². The van der Waals surface area contributed by atoms with E-state index < -0.39 is 20.9 Å². The van der Waals surface area contributed by atoms with Crippen LogP contribution in [0, 0.1) is 0 Å². The van der Waals surface area contributed by atoms with Crippen molar-refractivity contribution in [1.82, 2.24) is 0 Å². The zero-order valence-electron chi connectivity index (χ0n) is 9.56. The number of carbonyl (C=O) groups is 2. The Morgan fingerprint density at radius 3 is 2.33 bits per heavy atom. The molecule has 0 aromatic heterocycles. The number of carbonyl (C=O) groups excluding carboxylic acids is 2. The predicted octanol–water partition coefficient (Wildman–Crippen LogP) is 1.50. The molecule has 0 aliphatic carbocycles. The van der Waals surface area contributed by atoms with Gasteiger partial charge in [0, 0.05) is 24.5 Å². The highest BCUT2D eigenvalue weighted by Crippen LogP contribution is 2.29. The molecule has 0 spiro atoms. The number of amides is 1. The van der Waals surface area contributed by atoms with E-state index in [9.17, 15) is 18.0 Å². The number of nitrogens with one attached hydrogen (secondary N) is 1. The molecule has 1 amide bonds. The van der Waals surface area contributed by atoms with Gasteiger partial charge in [0.25, 0.3) is 9.05 Å². The highest BCUT2D eigenvalue weighted by Gasteiger charge is 2.15. The fourth-order valence-electron chi connectivity index (χ4n) is 1.19. The van der Waals surface area contributed by atoms with Gasteiger partial charge in [-0.05, 0) is 18.2 Å². The van der Waals surface area contributed by atoms with Gasteiger partial charge >= 0.3 is 5.97 Å². The lowest BCUT2D eigenvalue weighted by Gasteiger charge is -2.10. The second kappa shape index (κ2) is 5.36. The fraction of sp³-hybridized carbons (Fsp3) is 0.200. The number of ether oxygens (including phenoxy) is 1. The highest BCUT2D eigenvalue weighted by atomic mass is 35.7. The minimum absolute atomic E-state index is 0.0433. The quantitative estimate of drug-likeness (QED) is 0.518. The lowest BCUT2D eigenvalue weighted by Crippen LogP contribution is -2.10. The molecule has 98 valence electrons. The lowest BCUT2D eigenvalue weighted by molar-refractivity contribution is -0.131. The van der Waals surface area contributed by atoms with Gasteiger partial charge in [0.15, 0.2) is 5.75 Å². The minimum atomic E-state index is -3.93. The summed E-state index contributed by atoms with van der Waals surface area (Å²) in [4.78, 5) is 21.6. The number of hydrogen-bond donors (Lipinski definition) is 1. The molecule has 1 N–H and O–H groups in total. The average molecular weight is 292 g/mol. The lowest BCUT2D eigenvalue weighted by atomic mass is 10.3. The van der Waals surface area contributed by atoms with Gasteiger partial charge < -0.3 is 10.1 Å². The Labute approximate surface area is 108 Å². The topological polar surface area (TPSA) is 89.5 Å². The Bertz CT molecular complexity index is 596. The summed E-state index contributed by atoms with van der Waals surface area (Å²) in [5.74, 6) is -0.989. The molecular weight excluding hydrogens is 282 g/mol. The Balaban J connectivity index is 3.28. The minimum Gasteiger partial charge on any atom is -0.424 e. The molecule has 0 atom stereocenters. The molecule has 1 aromatic carbocycles. The van der Waals surface area contributed by atoms with Crippen LogP contribution in [0.3, 0.4) is 0 Å². The first-order valence-electron chi connectivity index (χ1n) is 4.75. The number of hydrogen-bond acceptors (Lipinski definition) is 5. The Kier molecular flexibility index (Phi) is 4.31. The number of esters is 1. The molecule has 0 bridgehead atoms. The third-order valence-corrected chi connectivity index (χ3v) is 3.15. The third kappa shape index (κ3) is 4.01. The van der Waals surface area contributed by atoms with Crippen molar-refractivity contribution in [2.45, 2.75) is 18.7 Å². The first kappa shape index (κ1) is 14.5. The molecule has 1 rings (SSSR count). The molecule has 6 nitrogen and oxygen atoms in total. The summed E-state index contributed by atoms with van der Waals surface area (Å²) in [6, 6.07) is 3.52. The summed E-state index contributed by atoms with van der Waals surface area (Å²) >= 11 is 0. The van der Waals surface area contributed by atoms with Crippen molar-refractivity contribution < 1.29 is 22.7 Å². The molecule has 0 saturated carbocycles. The first-order chi connectivity index (χ1) is 8.20. The molecule has 18 heavy (non-hydrogen) atoms. The van der Waals surface area contributed by atoms with Gasteiger partial charge in [-0.15, -0.1) is 0 Å². The van der Waals surface area contributed by atoms with Crippen molar-refractivity contribution in [1.29, 1.82) is 0 Å². The van der Waals surface area contributed by atoms with Crippen molar-refractivity contribution in [2.75, 3.05) is 5.32 Å². The van der Waals surface area contributed by atoms with Crippen LogP contribution in [-0.4, -0.2) is 20.3 Å². The molecule has 0 heterocycles. The van der Waals surface area contributed by atoms with Gasteiger partial charge in [0.05, 0.1) is 10.6 Å². The molecule has 0 aliphatic rings. The van der Waals surface area contributed by atoms with E-state index in [1.165, 1.54) is 26.0 Å². The van der Waals surface area contributed by atoms with E-state index in [1.807, 2.05) is 0 Å². The number of benzene rings is 1. The van der Waals surface area contributed by atoms with E-state index in [0.29, 0.717) is 0 Å². The van der Waals surface area contributed by atoms with Crippen molar-refractivity contribution >= 4 is 37.3 Å². The Hall–Kier alpha value is -1.60. The standard InChI is InChI=1S/C10H10ClNO5S/c1-6(13)12-9-5-8(18(11,15)16)3-4-10(9)17-7(2)14/h3-5H,1-2H3,(H,12,13). The van der Waals surface area contributed by atoms with Gasteiger partial charge in [0.2, 0.25) is 5.91 Å². The summed E-state index contributed by atoms with van der Waals surface area (Å²) in [7, 11) is 1.25. The summed E-state index contributed by atoms with van der Waals surface area (Å²) < 4.78 is 27.1. The maximum atomic E-state index is 11.1. The third-order valence-electron chi connectivity index (χ3n) is 1.80. The second-order valence-electron chi connectivity index (χ2n) is 3.37. The molecular formula is C10H10ClNO5S. The number of anilines is 1. The monoisotopic (exact) mass is 291 g/mol. The summed E-state index contributed by atoms with van der Waals surface area (Å²) in [5, 5.41) is 2.35. The van der Waals surface area contributed by atoms with Crippen LogP contribution in [-0.2, 0) is 18.6 Å². The van der Waals surface area contributed by atoms with Crippen LogP contribution < -0.4 is 10.1 Å². The van der Waals surface area contributed by atoms with Crippen molar-refractivity contribution in [3.05, 3.63) is 18.2 Å². The molecule has 0 aliphatic heterocycles. The van der Waals surface area contributed by atoms with Gasteiger partial charge in [-0.3, -0.25) is 9.59 Å². The Morgan fingerprint density at radius 2 is 1.89 bits per heavy atom. The van der Waals surface area contributed by atoms with Crippen LogP contribution in [0.2, 0.25) is 0 Å². The van der Waals surface area contributed by atoms with Crippen LogP contribution in [0.4, 0.5) is 5.69 Å². The van der Waals surface area contributed by atoms with Crippen LogP contribution >= 0.6 is 10.7 Å². The summed E-state index contributed by atoms with van der Waals surface area (Å²) in [6.07, 6.45) is 0. The molecule has 0 saturated heterocycles. The predicted molar refractivity (Wildman–Crippen MR) is 65.1 cm³/mol. The highest BCUT2D eigenvalue weighted by molar-refractivity contribution is 8.13. The number of rotatable bonds is 3.